The van der Waals surface area contributed by atoms with Gasteiger partial charge in [-0.2, -0.15) is 0 Å². The van der Waals surface area contributed by atoms with Gasteiger partial charge in [-0.3, -0.25) is 0 Å². The van der Waals surface area contributed by atoms with Crippen LogP contribution in [-0.2, 0) is 6.61 Å². The van der Waals surface area contributed by atoms with E-state index in [1.54, 1.807) is 29.5 Å². The van der Waals surface area contributed by atoms with E-state index in [9.17, 15) is 9.90 Å². The molecule has 0 aliphatic rings. The Hall–Kier alpha value is -3.08. The second kappa shape index (κ2) is 8.52. The molecule has 0 atom stereocenters. The topological polar surface area (TPSA) is 46.5 Å². The highest BCUT2D eigenvalue weighted by atomic mass is 35.5. The number of thiophene rings is 1. The molecule has 4 aromatic rings. The zero-order valence-corrected chi connectivity index (χ0v) is 16.9. The van der Waals surface area contributed by atoms with Gasteiger partial charge < -0.3 is 9.84 Å². The Morgan fingerprint density at radius 3 is 2.48 bits per heavy atom. The van der Waals surface area contributed by atoms with Gasteiger partial charge in [0.15, 0.2) is 0 Å². The molecule has 0 aliphatic heterocycles. The van der Waals surface area contributed by atoms with Crippen molar-refractivity contribution >= 4 is 28.9 Å². The fourth-order valence-electron chi connectivity index (χ4n) is 3.17. The van der Waals surface area contributed by atoms with Crippen LogP contribution in [0.15, 0.2) is 84.2 Å². The lowest BCUT2D eigenvalue weighted by atomic mass is 9.93. The van der Waals surface area contributed by atoms with E-state index in [0.717, 1.165) is 32.9 Å². The van der Waals surface area contributed by atoms with Gasteiger partial charge >= 0.3 is 5.97 Å². The van der Waals surface area contributed by atoms with Gasteiger partial charge in [0.25, 0.3) is 0 Å². The van der Waals surface area contributed by atoms with Crippen LogP contribution in [0.5, 0.6) is 5.75 Å². The molecule has 1 heterocycles. The van der Waals surface area contributed by atoms with E-state index < -0.39 is 5.97 Å². The van der Waals surface area contributed by atoms with Gasteiger partial charge in [0.1, 0.15) is 12.4 Å². The van der Waals surface area contributed by atoms with Crippen LogP contribution in [0.25, 0.3) is 22.3 Å². The zero-order chi connectivity index (χ0) is 20.2. The van der Waals surface area contributed by atoms with E-state index in [1.165, 1.54) is 0 Å². The standard InChI is InChI=1S/C24H17ClO3S/c25-18-10-11-23(28-15-19-7-4-12-29-19)22(14-18)21-9-2-1-8-20(21)16-5-3-6-17(13-16)24(26)27/h1-14H,15H2,(H,26,27). The first-order valence-corrected chi connectivity index (χ1v) is 10.3. The van der Waals surface area contributed by atoms with Crippen molar-refractivity contribution in [1.29, 1.82) is 0 Å². The highest BCUT2D eigenvalue weighted by Crippen LogP contribution is 2.39. The first-order valence-electron chi connectivity index (χ1n) is 8.99. The van der Waals surface area contributed by atoms with E-state index >= 15 is 0 Å². The second-order valence-corrected chi connectivity index (χ2v) is 7.91. The number of carbonyl (C=O) groups is 1. The van der Waals surface area contributed by atoms with Gasteiger partial charge in [-0.1, -0.05) is 54.1 Å². The number of carboxylic acid groups (broad SMARTS) is 1. The van der Waals surface area contributed by atoms with E-state index in [-0.39, 0.29) is 5.56 Å². The minimum atomic E-state index is -0.952. The third-order valence-corrected chi connectivity index (χ3v) is 5.61. The average Bonchev–Trinajstić information content (AvgIpc) is 3.26. The van der Waals surface area contributed by atoms with Gasteiger partial charge in [0.05, 0.1) is 5.56 Å². The minimum absolute atomic E-state index is 0.248. The molecule has 3 nitrogen and oxygen atoms in total. The largest absolute Gasteiger partial charge is 0.487 e. The summed E-state index contributed by atoms with van der Waals surface area (Å²) in [5.41, 5.74) is 3.78. The summed E-state index contributed by atoms with van der Waals surface area (Å²) in [5, 5.41) is 12.0. The maximum absolute atomic E-state index is 11.4. The first kappa shape index (κ1) is 19.2. The SMILES string of the molecule is O=C(O)c1cccc(-c2ccccc2-c2cc(Cl)ccc2OCc2cccs2)c1. The number of hydrogen-bond acceptors (Lipinski definition) is 3. The van der Waals surface area contributed by atoms with Crippen LogP contribution >= 0.6 is 22.9 Å². The molecule has 0 unspecified atom stereocenters. The second-order valence-electron chi connectivity index (χ2n) is 6.44. The lowest BCUT2D eigenvalue weighted by Crippen LogP contribution is -1.97. The predicted octanol–water partition coefficient (Wildman–Crippen LogP) is 7.01. The Kier molecular flexibility index (Phi) is 5.65. The molecule has 29 heavy (non-hydrogen) atoms. The molecule has 5 heteroatoms. The number of halogens is 1. The van der Waals surface area contributed by atoms with Gasteiger partial charge in [-0.25, -0.2) is 4.79 Å². The van der Waals surface area contributed by atoms with Crippen LogP contribution < -0.4 is 4.74 Å². The number of aromatic carboxylic acids is 1. The molecule has 0 bridgehead atoms. The fourth-order valence-corrected chi connectivity index (χ4v) is 3.96. The van der Waals surface area contributed by atoms with Crippen molar-refractivity contribution in [1.82, 2.24) is 0 Å². The number of ether oxygens (including phenoxy) is 1. The van der Waals surface area contributed by atoms with Crippen LogP contribution in [0, 0.1) is 0 Å². The number of hydrogen-bond donors (Lipinski definition) is 1. The third kappa shape index (κ3) is 4.34. The Balaban J connectivity index is 1.79. The lowest BCUT2D eigenvalue weighted by Gasteiger charge is -2.15. The van der Waals surface area contributed by atoms with Crippen molar-refractivity contribution in [2.24, 2.45) is 0 Å². The number of rotatable bonds is 6. The molecule has 3 aromatic carbocycles. The number of benzene rings is 3. The van der Waals surface area contributed by atoms with Crippen molar-refractivity contribution < 1.29 is 14.6 Å². The van der Waals surface area contributed by atoms with Crippen LogP contribution in [0.3, 0.4) is 0 Å². The monoisotopic (exact) mass is 420 g/mol. The van der Waals surface area contributed by atoms with E-state index in [0.29, 0.717) is 11.6 Å². The molecule has 0 saturated carbocycles. The van der Waals surface area contributed by atoms with Crippen molar-refractivity contribution in [3.05, 3.63) is 99.7 Å². The van der Waals surface area contributed by atoms with Crippen LogP contribution in [-0.4, -0.2) is 11.1 Å². The van der Waals surface area contributed by atoms with E-state index in [4.69, 9.17) is 16.3 Å². The van der Waals surface area contributed by atoms with Gasteiger partial charge in [-0.05, 0) is 58.5 Å². The zero-order valence-electron chi connectivity index (χ0n) is 15.3. The molecule has 4 rings (SSSR count). The molecule has 1 aromatic heterocycles. The molecule has 0 saturated heterocycles. The average molecular weight is 421 g/mol. The molecule has 0 radical (unpaired) electrons. The minimum Gasteiger partial charge on any atom is -0.487 e. The molecule has 0 fully saturated rings. The quantitative estimate of drug-likeness (QED) is 0.364. The maximum atomic E-state index is 11.4. The molecule has 144 valence electrons. The predicted molar refractivity (Wildman–Crippen MR) is 118 cm³/mol. The molecular formula is C24H17ClO3S. The summed E-state index contributed by atoms with van der Waals surface area (Å²) in [7, 11) is 0. The summed E-state index contributed by atoms with van der Waals surface area (Å²) in [6.07, 6.45) is 0. The van der Waals surface area contributed by atoms with Crippen molar-refractivity contribution in [2.45, 2.75) is 6.61 Å². The summed E-state index contributed by atoms with van der Waals surface area (Å²) in [4.78, 5) is 12.5. The summed E-state index contributed by atoms with van der Waals surface area (Å²) in [6.45, 7) is 0.475. The summed E-state index contributed by atoms with van der Waals surface area (Å²) in [5.74, 6) is -0.225. The van der Waals surface area contributed by atoms with Crippen LogP contribution in [0.2, 0.25) is 5.02 Å². The van der Waals surface area contributed by atoms with Crippen molar-refractivity contribution in [2.75, 3.05) is 0 Å². The Morgan fingerprint density at radius 1 is 0.897 bits per heavy atom. The first-order chi connectivity index (χ1) is 14.1. The normalized spacial score (nSPS) is 10.7. The Labute approximate surface area is 177 Å². The Bertz CT molecular complexity index is 1150. The molecular weight excluding hydrogens is 404 g/mol. The highest BCUT2D eigenvalue weighted by Gasteiger charge is 2.14. The van der Waals surface area contributed by atoms with E-state index in [1.807, 2.05) is 66.0 Å². The summed E-state index contributed by atoms with van der Waals surface area (Å²) < 4.78 is 6.10. The van der Waals surface area contributed by atoms with Crippen LogP contribution in [0.4, 0.5) is 0 Å². The maximum Gasteiger partial charge on any atom is 0.335 e. The molecule has 1 N–H and O–H groups in total. The van der Waals surface area contributed by atoms with Crippen molar-refractivity contribution in [3.63, 3.8) is 0 Å². The van der Waals surface area contributed by atoms with Crippen LogP contribution in [0.1, 0.15) is 15.2 Å². The molecule has 0 aliphatic carbocycles. The number of carboxylic acids is 1. The Morgan fingerprint density at radius 2 is 1.72 bits per heavy atom. The van der Waals surface area contributed by atoms with Gasteiger partial charge in [0.2, 0.25) is 0 Å². The lowest BCUT2D eigenvalue weighted by molar-refractivity contribution is 0.0697. The fraction of sp³-hybridized carbons (Fsp3) is 0.0417. The summed E-state index contributed by atoms with van der Waals surface area (Å²) in [6, 6.07) is 24.4. The summed E-state index contributed by atoms with van der Waals surface area (Å²) >= 11 is 7.94. The molecule has 0 amide bonds. The molecule has 0 spiro atoms. The third-order valence-electron chi connectivity index (χ3n) is 4.53. The smallest absolute Gasteiger partial charge is 0.335 e. The van der Waals surface area contributed by atoms with Gasteiger partial charge in [0, 0.05) is 15.5 Å². The van der Waals surface area contributed by atoms with E-state index in [2.05, 4.69) is 0 Å². The van der Waals surface area contributed by atoms with Crippen molar-refractivity contribution in [3.8, 4) is 28.0 Å². The highest BCUT2D eigenvalue weighted by molar-refractivity contribution is 7.09. The van der Waals surface area contributed by atoms with Gasteiger partial charge in [-0.15, -0.1) is 11.3 Å².